The number of hydrogen-bond donors (Lipinski definition) is 0. The van der Waals surface area contributed by atoms with E-state index in [0.717, 1.165) is 40.2 Å². The number of hydrogen-bond acceptors (Lipinski definition) is 6. The van der Waals surface area contributed by atoms with Crippen LogP contribution in [0.3, 0.4) is 0 Å². The zero-order valence-corrected chi connectivity index (χ0v) is 18.3. The van der Waals surface area contributed by atoms with E-state index in [2.05, 4.69) is 46.1 Å². The lowest BCUT2D eigenvalue weighted by atomic mass is 10.1. The summed E-state index contributed by atoms with van der Waals surface area (Å²) < 4.78 is 7.73. The predicted octanol–water partition coefficient (Wildman–Crippen LogP) is 5.99. The maximum Gasteiger partial charge on any atom is 0.192 e. The van der Waals surface area contributed by atoms with Crippen LogP contribution in [0.25, 0.3) is 11.4 Å². The Bertz CT molecular complexity index is 1050. The summed E-state index contributed by atoms with van der Waals surface area (Å²) in [7, 11) is 0. The van der Waals surface area contributed by atoms with Crippen LogP contribution in [-0.2, 0) is 18.7 Å². The van der Waals surface area contributed by atoms with Crippen molar-refractivity contribution in [1.29, 1.82) is 0 Å². The third-order valence-electron chi connectivity index (χ3n) is 4.69. The smallest absolute Gasteiger partial charge is 0.192 e. The molecule has 7 heteroatoms. The topological polar surface area (TPSA) is 56.7 Å². The Morgan fingerprint density at radius 1 is 1.14 bits per heavy atom. The van der Waals surface area contributed by atoms with Gasteiger partial charge in [0.25, 0.3) is 0 Å². The molecule has 0 spiro atoms. The van der Waals surface area contributed by atoms with Crippen LogP contribution in [0.2, 0.25) is 0 Å². The molecule has 0 unspecified atom stereocenters. The van der Waals surface area contributed by atoms with Crippen LogP contribution in [0.5, 0.6) is 0 Å². The van der Waals surface area contributed by atoms with Crippen molar-refractivity contribution in [3.05, 3.63) is 70.1 Å². The van der Waals surface area contributed by atoms with Gasteiger partial charge in [-0.2, -0.15) is 0 Å². The van der Waals surface area contributed by atoms with E-state index in [-0.39, 0.29) is 0 Å². The van der Waals surface area contributed by atoms with Crippen LogP contribution in [0.1, 0.15) is 41.8 Å². The molecule has 0 saturated heterocycles. The first kappa shape index (κ1) is 19.9. The predicted molar refractivity (Wildman–Crippen MR) is 118 cm³/mol. The van der Waals surface area contributed by atoms with Crippen LogP contribution in [0.4, 0.5) is 0 Å². The first-order valence-electron chi connectivity index (χ1n) is 9.82. The fraction of sp³-hybridized carbons (Fsp3) is 0.318. The summed E-state index contributed by atoms with van der Waals surface area (Å²) in [4.78, 5) is 4.77. The number of aromatic nitrogens is 4. The second-order valence-electron chi connectivity index (χ2n) is 6.91. The van der Waals surface area contributed by atoms with Gasteiger partial charge in [-0.25, -0.2) is 4.98 Å². The van der Waals surface area contributed by atoms with E-state index in [1.807, 2.05) is 24.3 Å². The molecule has 1 aromatic carbocycles. The monoisotopic (exact) mass is 424 g/mol. The fourth-order valence-corrected chi connectivity index (χ4v) is 4.89. The van der Waals surface area contributed by atoms with E-state index in [1.54, 1.807) is 29.4 Å². The minimum atomic E-state index is 0.602. The zero-order chi connectivity index (χ0) is 20.1. The molecule has 4 aromatic rings. The third kappa shape index (κ3) is 4.79. The van der Waals surface area contributed by atoms with Crippen LogP contribution in [-0.4, -0.2) is 19.7 Å². The number of rotatable bonds is 9. The molecule has 3 heterocycles. The Hall–Kier alpha value is -2.38. The van der Waals surface area contributed by atoms with Gasteiger partial charge in [0.1, 0.15) is 5.76 Å². The van der Waals surface area contributed by atoms with Gasteiger partial charge in [-0.1, -0.05) is 49.4 Å². The average Bonchev–Trinajstić information content (AvgIpc) is 3.48. The molecule has 0 bridgehead atoms. The Morgan fingerprint density at radius 3 is 2.83 bits per heavy atom. The lowest BCUT2D eigenvalue weighted by molar-refractivity contribution is 0.485. The van der Waals surface area contributed by atoms with Gasteiger partial charge in [-0.05, 0) is 37.5 Å². The normalized spacial score (nSPS) is 11.2. The van der Waals surface area contributed by atoms with Crippen LogP contribution < -0.4 is 0 Å². The van der Waals surface area contributed by atoms with Crippen molar-refractivity contribution >= 4 is 23.1 Å². The van der Waals surface area contributed by atoms with Crippen molar-refractivity contribution in [2.24, 2.45) is 0 Å². The first-order chi connectivity index (χ1) is 14.2. The van der Waals surface area contributed by atoms with Gasteiger partial charge in [0.05, 0.1) is 23.5 Å². The summed E-state index contributed by atoms with van der Waals surface area (Å²) in [6.07, 6.45) is 5.16. The van der Waals surface area contributed by atoms with Crippen LogP contribution in [0, 0.1) is 6.92 Å². The SMILES string of the molecule is CCCCc1nc(CSc2nnc(-c3ccccc3C)n2Cc2ccco2)cs1. The molecule has 5 nitrogen and oxygen atoms in total. The molecule has 150 valence electrons. The van der Waals surface area contributed by atoms with Crippen molar-refractivity contribution in [3.63, 3.8) is 0 Å². The molecule has 0 radical (unpaired) electrons. The van der Waals surface area contributed by atoms with Crippen LogP contribution >= 0.6 is 23.1 Å². The lowest BCUT2D eigenvalue weighted by Crippen LogP contribution is -2.04. The highest BCUT2D eigenvalue weighted by Crippen LogP contribution is 2.29. The van der Waals surface area contributed by atoms with Crippen molar-refractivity contribution in [1.82, 2.24) is 19.7 Å². The second-order valence-corrected chi connectivity index (χ2v) is 8.80. The van der Waals surface area contributed by atoms with E-state index in [4.69, 9.17) is 9.40 Å². The molecule has 0 aliphatic rings. The Morgan fingerprint density at radius 2 is 2.03 bits per heavy atom. The highest BCUT2D eigenvalue weighted by atomic mass is 32.2. The number of nitrogens with zero attached hydrogens (tertiary/aromatic N) is 4. The van der Waals surface area contributed by atoms with Gasteiger partial charge in [-0.3, -0.25) is 4.57 Å². The van der Waals surface area contributed by atoms with E-state index < -0.39 is 0 Å². The first-order valence-corrected chi connectivity index (χ1v) is 11.7. The van der Waals surface area contributed by atoms with Gasteiger partial charge in [0.2, 0.25) is 0 Å². The Labute approximate surface area is 179 Å². The largest absolute Gasteiger partial charge is 0.467 e. The van der Waals surface area contributed by atoms with Crippen molar-refractivity contribution in [2.45, 2.75) is 50.6 Å². The molecule has 0 atom stereocenters. The van der Waals surface area contributed by atoms with E-state index in [0.29, 0.717) is 6.54 Å². The molecule has 0 aliphatic carbocycles. The minimum Gasteiger partial charge on any atom is -0.467 e. The number of furan rings is 1. The molecule has 4 rings (SSSR count). The molecule has 0 N–H and O–H groups in total. The molecule has 0 amide bonds. The highest BCUT2D eigenvalue weighted by Gasteiger charge is 2.17. The minimum absolute atomic E-state index is 0.602. The zero-order valence-electron chi connectivity index (χ0n) is 16.7. The average molecular weight is 425 g/mol. The van der Waals surface area contributed by atoms with E-state index in [1.165, 1.54) is 23.4 Å². The maximum atomic E-state index is 5.59. The molecular weight excluding hydrogens is 400 g/mol. The van der Waals surface area contributed by atoms with Crippen LogP contribution in [0.15, 0.2) is 57.6 Å². The lowest BCUT2D eigenvalue weighted by Gasteiger charge is -2.10. The van der Waals surface area contributed by atoms with E-state index >= 15 is 0 Å². The van der Waals surface area contributed by atoms with Gasteiger partial charge in [0, 0.05) is 16.7 Å². The van der Waals surface area contributed by atoms with Crippen molar-refractivity contribution < 1.29 is 4.42 Å². The van der Waals surface area contributed by atoms with Crippen molar-refractivity contribution in [2.75, 3.05) is 0 Å². The number of thiazole rings is 1. The quantitative estimate of drug-likeness (QED) is 0.309. The molecule has 0 fully saturated rings. The fourth-order valence-electron chi connectivity index (χ4n) is 3.12. The molecular formula is C22H24N4OS2. The van der Waals surface area contributed by atoms with Crippen molar-refractivity contribution in [3.8, 4) is 11.4 Å². The summed E-state index contributed by atoms with van der Waals surface area (Å²) in [5.74, 6) is 2.54. The number of thioether (sulfide) groups is 1. The number of aryl methyl sites for hydroxylation is 2. The molecule has 3 aromatic heterocycles. The maximum absolute atomic E-state index is 5.59. The summed E-state index contributed by atoms with van der Waals surface area (Å²) in [5.41, 5.74) is 3.38. The highest BCUT2D eigenvalue weighted by molar-refractivity contribution is 7.98. The second kappa shape index (κ2) is 9.41. The summed E-state index contributed by atoms with van der Waals surface area (Å²) in [5, 5.41) is 13.3. The number of unbranched alkanes of at least 4 members (excludes halogenated alkanes) is 1. The standard InChI is InChI=1S/C22H24N4OS2/c1-3-4-11-20-23-17(14-28-20)15-29-22-25-24-21(19-10-6-5-8-16(19)2)26(22)13-18-9-7-12-27-18/h5-10,12,14H,3-4,11,13,15H2,1-2H3. The van der Waals surface area contributed by atoms with E-state index in [9.17, 15) is 0 Å². The molecule has 0 aliphatic heterocycles. The van der Waals surface area contributed by atoms with Gasteiger partial charge in [-0.15, -0.1) is 21.5 Å². The summed E-state index contributed by atoms with van der Waals surface area (Å²) >= 11 is 3.43. The summed E-state index contributed by atoms with van der Waals surface area (Å²) in [6, 6.07) is 12.2. The molecule has 0 saturated carbocycles. The van der Waals surface area contributed by atoms with Gasteiger partial charge in [0.15, 0.2) is 11.0 Å². The number of benzene rings is 1. The third-order valence-corrected chi connectivity index (χ3v) is 6.65. The summed E-state index contributed by atoms with van der Waals surface area (Å²) in [6.45, 7) is 4.91. The molecule has 29 heavy (non-hydrogen) atoms. The van der Waals surface area contributed by atoms with Gasteiger partial charge >= 0.3 is 0 Å². The Balaban J connectivity index is 1.57. The Kier molecular flexibility index (Phi) is 6.46. The van der Waals surface area contributed by atoms with Gasteiger partial charge < -0.3 is 4.42 Å².